The van der Waals surface area contributed by atoms with E-state index >= 15 is 0 Å². The van der Waals surface area contributed by atoms with Crippen molar-refractivity contribution in [3.8, 4) is 0 Å². The molecule has 0 aromatic carbocycles. The van der Waals surface area contributed by atoms with Gasteiger partial charge in [0, 0.05) is 13.2 Å². The number of hydrogen-bond donors (Lipinski definition) is 2. The molecule has 3 unspecified atom stereocenters. The van der Waals surface area contributed by atoms with E-state index in [-0.39, 0.29) is 6.04 Å². The van der Waals surface area contributed by atoms with Crippen LogP contribution in [-0.2, 0) is 9.53 Å². The van der Waals surface area contributed by atoms with Crippen LogP contribution >= 0.6 is 0 Å². The fourth-order valence-corrected chi connectivity index (χ4v) is 2.54. The Morgan fingerprint density at radius 3 is 2.81 bits per heavy atom. The number of rotatable bonds is 6. The molecule has 1 aliphatic carbocycles. The highest BCUT2D eigenvalue weighted by Gasteiger charge is 2.37. The predicted octanol–water partition coefficient (Wildman–Crippen LogP) is 1.25. The summed E-state index contributed by atoms with van der Waals surface area (Å²) in [5, 5.41) is 12.3. The third-order valence-corrected chi connectivity index (χ3v) is 3.71. The van der Waals surface area contributed by atoms with Crippen LogP contribution in [0.3, 0.4) is 0 Å². The zero-order valence-electron chi connectivity index (χ0n) is 9.82. The maximum atomic E-state index is 11.0. The summed E-state index contributed by atoms with van der Waals surface area (Å²) in [6.07, 6.45) is 4.52. The molecule has 0 amide bonds. The second-order valence-corrected chi connectivity index (χ2v) is 4.93. The first kappa shape index (κ1) is 11.9. The molecule has 0 bridgehead atoms. The molecule has 0 aromatic rings. The average molecular weight is 227 g/mol. The van der Waals surface area contributed by atoms with Gasteiger partial charge in [0.25, 0.3) is 0 Å². The lowest BCUT2D eigenvalue weighted by Crippen LogP contribution is -2.42. The van der Waals surface area contributed by atoms with Crippen molar-refractivity contribution in [2.24, 2.45) is 11.8 Å². The van der Waals surface area contributed by atoms with E-state index in [1.807, 2.05) is 0 Å². The van der Waals surface area contributed by atoms with Gasteiger partial charge in [-0.05, 0) is 37.5 Å². The molecule has 1 heterocycles. The van der Waals surface area contributed by atoms with Crippen molar-refractivity contribution >= 4 is 5.97 Å². The summed E-state index contributed by atoms with van der Waals surface area (Å²) in [6, 6.07) is -0.335. The van der Waals surface area contributed by atoms with Crippen molar-refractivity contribution in [3.63, 3.8) is 0 Å². The number of nitrogens with one attached hydrogen (secondary N) is 1. The van der Waals surface area contributed by atoms with Gasteiger partial charge in [-0.3, -0.25) is 4.79 Å². The predicted molar refractivity (Wildman–Crippen MR) is 60.3 cm³/mol. The monoisotopic (exact) mass is 227 g/mol. The Labute approximate surface area is 96.4 Å². The molecule has 1 saturated heterocycles. The summed E-state index contributed by atoms with van der Waals surface area (Å²) >= 11 is 0. The van der Waals surface area contributed by atoms with Crippen LogP contribution in [0.1, 0.15) is 32.6 Å². The van der Waals surface area contributed by atoms with Crippen molar-refractivity contribution < 1.29 is 14.6 Å². The van der Waals surface area contributed by atoms with E-state index < -0.39 is 5.97 Å². The van der Waals surface area contributed by atoms with Crippen LogP contribution in [0.4, 0.5) is 0 Å². The van der Waals surface area contributed by atoms with Crippen LogP contribution in [0.2, 0.25) is 0 Å². The molecule has 4 heteroatoms. The van der Waals surface area contributed by atoms with Crippen LogP contribution in [0.5, 0.6) is 0 Å². The van der Waals surface area contributed by atoms with E-state index in [0.29, 0.717) is 17.9 Å². The number of ether oxygens (including phenoxy) is 1. The summed E-state index contributed by atoms with van der Waals surface area (Å²) < 4.78 is 5.60. The average Bonchev–Trinajstić information content (AvgIpc) is 2.97. The van der Waals surface area contributed by atoms with Gasteiger partial charge in [-0.2, -0.15) is 0 Å². The summed E-state index contributed by atoms with van der Waals surface area (Å²) in [7, 11) is 0. The molecule has 2 fully saturated rings. The number of carboxylic acid groups (broad SMARTS) is 1. The molecular weight excluding hydrogens is 206 g/mol. The highest BCUT2D eigenvalue weighted by Crippen LogP contribution is 2.33. The van der Waals surface area contributed by atoms with Gasteiger partial charge in [0.05, 0.1) is 6.10 Å². The summed E-state index contributed by atoms with van der Waals surface area (Å²) in [5.41, 5.74) is 0. The minimum absolute atomic E-state index is 0.321. The van der Waals surface area contributed by atoms with Gasteiger partial charge in [0.2, 0.25) is 0 Å². The Morgan fingerprint density at radius 2 is 2.25 bits per heavy atom. The molecule has 0 spiro atoms. The highest BCUT2D eigenvalue weighted by molar-refractivity contribution is 5.74. The van der Waals surface area contributed by atoms with Crippen LogP contribution in [0.15, 0.2) is 0 Å². The molecule has 2 aliphatic rings. The maximum absolute atomic E-state index is 11.0. The van der Waals surface area contributed by atoms with Gasteiger partial charge in [-0.25, -0.2) is 0 Å². The molecule has 0 aromatic heterocycles. The van der Waals surface area contributed by atoms with E-state index in [9.17, 15) is 4.79 Å². The number of aliphatic carboxylic acids is 1. The van der Waals surface area contributed by atoms with Gasteiger partial charge >= 0.3 is 5.97 Å². The summed E-state index contributed by atoms with van der Waals surface area (Å²) in [4.78, 5) is 11.0. The van der Waals surface area contributed by atoms with Crippen molar-refractivity contribution in [1.29, 1.82) is 0 Å². The summed E-state index contributed by atoms with van der Waals surface area (Å²) in [5.74, 6) is 0.153. The van der Waals surface area contributed by atoms with Gasteiger partial charge in [-0.15, -0.1) is 0 Å². The third-order valence-electron chi connectivity index (χ3n) is 3.71. The lowest BCUT2D eigenvalue weighted by atomic mass is 9.99. The third kappa shape index (κ3) is 2.74. The van der Waals surface area contributed by atoms with E-state index in [1.165, 1.54) is 0 Å². The topological polar surface area (TPSA) is 58.6 Å². The van der Waals surface area contributed by atoms with Gasteiger partial charge in [0.15, 0.2) is 0 Å². The van der Waals surface area contributed by atoms with Gasteiger partial charge in [0.1, 0.15) is 6.04 Å². The first-order chi connectivity index (χ1) is 7.72. The molecule has 1 aliphatic heterocycles. The Hall–Kier alpha value is -0.610. The number of carbonyl (C=O) groups is 1. The molecule has 0 radical (unpaired) electrons. The lowest BCUT2D eigenvalue weighted by Gasteiger charge is -2.20. The van der Waals surface area contributed by atoms with Gasteiger partial charge in [-0.1, -0.05) is 6.92 Å². The molecule has 16 heavy (non-hydrogen) atoms. The fourth-order valence-electron chi connectivity index (χ4n) is 2.54. The molecule has 2 N–H and O–H groups in total. The molecule has 3 atom stereocenters. The van der Waals surface area contributed by atoms with Crippen LogP contribution < -0.4 is 5.32 Å². The largest absolute Gasteiger partial charge is 0.480 e. The SMILES string of the molecule is CCC1OCCC1CNC(C(=O)O)C1CC1. The van der Waals surface area contributed by atoms with E-state index in [4.69, 9.17) is 9.84 Å². The first-order valence-electron chi connectivity index (χ1n) is 6.30. The maximum Gasteiger partial charge on any atom is 0.320 e. The second kappa shape index (κ2) is 5.15. The Morgan fingerprint density at radius 1 is 1.50 bits per heavy atom. The van der Waals surface area contributed by atoms with Crippen molar-refractivity contribution in [2.45, 2.75) is 44.8 Å². The zero-order valence-corrected chi connectivity index (χ0v) is 9.82. The highest BCUT2D eigenvalue weighted by atomic mass is 16.5. The first-order valence-corrected chi connectivity index (χ1v) is 6.30. The normalized spacial score (nSPS) is 31.6. The Bertz CT molecular complexity index is 253. The molecule has 2 rings (SSSR count). The standard InChI is InChI=1S/C12H21NO3/c1-2-10-9(5-6-16-10)7-13-11(12(14)15)8-3-4-8/h8-11,13H,2-7H2,1H3,(H,14,15). The van der Waals surface area contributed by atoms with E-state index in [2.05, 4.69) is 12.2 Å². The van der Waals surface area contributed by atoms with Crippen LogP contribution in [0, 0.1) is 11.8 Å². The smallest absolute Gasteiger partial charge is 0.320 e. The van der Waals surface area contributed by atoms with Crippen LogP contribution in [-0.4, -0.2) is 36.4 Å². The number of carboxylic acids is 1. The Balaban J connectivity index is 1.78. The van der Waals surface area contributed by atoms with Crippen molar-refractivity contribution in [3.05, 3.63) is 0 Å². The fraction of sp³-hybridized carbons (Fsp3) is 0.917. The molecule has 4 nitrogen and oxygen atoms in total. The van der Waals surface area contributed by atoms with Crippen molar-refractivity contribution in [1.82, 2.24) is 5.32 Å². The quantitative estimate of drug-likeness (QED) is 0.717. The van der Waals surface area contributed by atoms with Gasteiger partial charge < -0.3 is 15.2 Å². The van der Waals surface area contributed by atoms with E-state index in [0.717, 1.165) is 38.8 Å². The zero-order chi connectivity index (χ0) is 11.5. The molecular formula is C12H21NO3. The molecule has 1 saturated carbocycles. The Kier molecular flexibility index (Phi) is 3.82. The second-order valence-electron chi connectivity index (χ2n) is 4.93. The lowest BCUT2D eigenvalue weighted by molar-refractivity contribution is -0.140. The minimum Gasteiger partial charge on any atom is -0.480 e. The number of hydrogen-bond acceptors (Lipinski definition) is 3. The minimum atomic E-state index is -0.700. The molecule has 92 valence electrons. The summed E-state index contributed by atoms with van der Waals surface area (Å²) in [6.45, 7) is 3.73. The van der Waals surface area contributed by atoms with Crippen LogP contribution in [0.25, 0.3) is 0 Å². The van der Waals surface area contributed by atoms with E-state index in [1.54, 1.807) is 0 Å². The van der Waals surface area contributed by atoms with Crippen molar-refractivity contribution in [2.75, 3.05) is 13.2 Å².